The lowest BCUT2D eigenvalue weighted by molar-refractivity contribution is -0.120. The van der Waals surface area contributed by atoms with Gasteiger partial charge in [-0.15, -0.1) is 23.2 Å². The van der Waals surface area contributed by atoms with Crippen LogP contribution in [0.2, 0.25) is 5.02 Å². The quantitative estimate of drug-likeness (QED) is 0.818. The molecule has 0 saturated heterocycles. The number of alkyl halides is 2. The number of nitrogens with one attached hydrogen (secondary N) is 1. The lowest BCUT2D eigenvalue weighted by Gasteiger charge is -2.12. The molecule has 1 aromatic carbocycles. The van der Waals surface area contributed by atoms with E-state index in [0.29, 0.717) is 17.1 Å². The van der Waals surface area contributed by atoms with Gasteiger partial charge in [-0.05, 0) is 31.5 Å². The van der Waals surface area contributed by atoms with Gasteiger partial charge < -0.3 is 5.32 Å². The Morgan fingerprint density at radius 2 is 2.06 bits per heavy atom. The normalized spacial score (nSPS) is 26.2. The molecule has 1 atom stereocenters. The van der Waals surface area contributed by atoms with E-state index in [2.05, 4.69) is 5.32 Å². The minimum atomic E-state index is -0.949. The van der Waals surface area contributed by atoms with E-state index in [4.69, 9.17) is 34.8 Å². The summed E-state index contributed by atoms with van der Waals surface area (Å²) in [6.07, 6.45) is 0.468. The number of halogens is 3. The van der Waals surface area contributed by atoms with E-state index in [1.54, 1.807) is 31.2 Å². The molecule has 1 aliphatic rings. The molecule has 0 heterocycles. The van der Waals surface area contributed by atoms with E-state index in [9.17, 15) is 4.79 Å². The van der Waals surface area contributed by atoms with Gasteiger partial charge in [-0.3, -0.25) is 4.79 Å². The van der Waals surface area contributed by atoms with Crippen molar-refractivity contribution in [3.8, 4) is 0 Å². The molecule has 0 radical (unpaired) electrons. The Balaban J connectivity index is 2.10. The predicted molar refractivity (Wildman–Crippen MR) is 67.2 cm³/mol. The van der Waals surface area contributed by atoms with Crippen molar-refractivity contribution in [3.05, 3.63) is 29.3 Å². The molecule has 1 amide bonds. The third-order valence-corrected chi connectivity index (χ3v) is 4.18. The van der Waals surface area contributed by atoms with Gasteiger partial charge in [0.15, 0.2) is 0 Å². The highest BCUT2D eigenvalue weighted by Crippen LogP contribution is 2.64. The van der Waals surface area contributed by atoms with E-state index >= 15 is 0 Å². The minimum absolute atomic E-state index is 0.181. The summed E-state index contributed by atoms with van der Waals surface area (Å²) in [6.45, 7) is 1.74. The van der Waals surface area contributed by atoms with Crippen molar-refractivity contribution in [1.82, 2.24) is 0 Å². The molecule has 86 valence electrons. The number of carbonyl (C=O) groups is 1. The third-order valence-electron chi connectivity index (χ3n) is 2.84. The summed E-state index contributed by atoms with van der Waals surface area (Å²) in [5.74, 6) is -0.181. The molecule has 1 unspecified atom stereocenters. The fourth-order valence-corrected chi connectivity index (χ4v) is 2.38. The fourth-order valence-electron chi connectivity index (χ4n) is 1.48. The highest BCUT2D eigenvalue weighted by Gasteiger charge is 2.67. The number of hydrogen-bond acceptors (Lipinski definition) is 1. The molecule has 2 nitrogen and oxygen atoms in total. The third kappa shape index (κ3) is 2.02. The first-order valence-corrected chi connectivity index (χ1v) is 5.93. The van der Waals surface area contributed by atoms with Crippen molar-refractivity contribution < 1.29 is 4.79 Å². The molecule has 1 aliphatic carbocycles. The molecular formula is C11H10Cl3NO. The lowest BCUT2D eigenvalue weighted by atomic mass is 10.1. The minimum Gasteiger partial charge on any atom is -0.325 e. The van der Waals surface area contributed by atoms with Crippen molar-refractivity contribution in [3.63, 3.8) is 0 Å². The van der Waals surface area contributed by atoms with Gasteiger partial charge in [-0.1, -0.05) is 17.7 Å². The summed E-state index contributed by atoms with van der Waals surface area (Å²) < 4.78 is -0.949. The maximum atomic E-state index is 11.9. The number of benzene rings is 1. The molecule has 1 N–H and O–H groups in total. The van der Waals surface area contributed by atoms with Crippen molar-refractivity contribution in [2.45, 2.75) is 17.7 Å². The van der Waals surface area contributed by atoms with E-state index in [1.807, 2.05) is 0 Å². The van der Waals surface area contributed by atoms with Crippen LogP contribution in [0.1, 0.15) is 13.3 Å². The zero-order valence-electron chi connectivity index (χ0n) is 8.56. The molecule has 16 heavy (non-hydrogen) atoms. The number of amides is 1. The zero-order chi connectivity index (χ0) is 12.0. The molecule has 0 aromatic heterocycles. The summed E-state index contributed by atoms with van der Waals surface area (Å²) >= 11 is 17.6. The molecule has 0 spiro atoms. The van der Waals surface area contributed by atoms with Crippen molar-refractivity contribution in [2.75, 3.05) is 5.32 Å². The standard InChI is InChI=1S/C11H10Cl3NO/c1-10(6-11(10,13)14)9(16)15-8-4-2-3-7(12)5-8/h2-5H,6H2,1H3,(H,15,16). The number of carbonyl (C=O) groups excluding carboxylic acids is 1. The van der Waals surface area contributed by atoms with Crippen LogP contribution in [0.25, 0.3) is 0 Å². The van der Waals surface area contributed by atoms with Crippen molar-refractivity contribution in [1.29, 1.82) is 0 Å². The largest absolute Gasteiger partial charge is 0.325 e. The van der Waals surface area contributed by atoms with Gasteiger partial charge in [-0.2, -0.15) is 0 Å². The van der Waals surface area contributed by atoms with Crippen LogP contribution in [-0.2, 0) is 4.79 Å². The van der Waals surface area contributed by atoms with Gasteiger partial charge in [0, 0.05) is 10.7 Å². The molecule has 5 heteroatoms. The van der Waals surface area contributed by atoms with Crippen molar-refractivity contribution in [2.24, 2.45) is 5.41 Å². The van der Waals surface area contributed by atoms with Crippen LogP contribution >= 0.6 is 34.8 Å². The first-order chi connectivity index (χ1) is 7.35. The summed E-state index contributed by atoms with van der Waals surface area (Å²) in [5, 5.41) is 3.32. The highest BCUT2D eigenvalue weighted by atomic mass is 35.5. The highest BCUT2D eigenvalue weighted by molar-refractivity contribution is 6.53. The maximum Gasteiger partial charge on any atom is 0.233 e. The maximum absolute atomic E-state index is 11.9. The Kier molecular flexibility index (Phi) is 2.85. The summed E-state index contributed by atoms with van der Waals surface area (Å²) in [6, 6.07) is 6.94. The molecule has 0 bridgehead atoms. The molecule has 1 aromatic rings. The number of anilines is 1. The van der Waals surface area contributed by atoms with Crippen LogP contribution in [0.15, 0.2) is 24.3 Å². The predicted octanol–water partition coefficient (Wildman–Crippen LogP) is 3.86. The zero-order valence-corrected chi connectivity index (χ0v) is 10.8. The lowest BCUT2D eigenvalue weighted by Crippen LogP contribution is -2.25. The Morgan fingerprint density at radius 1 is 1.44 bits per heavy atom. The molecule has 0 aliphatic heterocycles. The topological polar surface area (TPSA) is 29.1 Å². The van der Waals surface area contributed by atoms with Crippen LogP contribution in [-0.4, -0.2) is 10.2 Å². The average Bonchev–Trinajstić information content (AvgIpc) is 2.67. The second kappa shape index (κ2) is 3.80. The SMILES string of the molecule is CC1(C(=O)Nc2cccc(Cl)c2)CC1(Cl)Cl. The first-order valence-electron chi connectivity index (χ1n) is 4.80. The Bertz CT molecular complexity index is 447. The van der Waals surface area contributed by atoms with E-state index in [0.717, 1.165) is 0 Å². The fraction of sp³-hybridized carbons (Fsp3) is 0.364. The Morgan fingerprint density at radius 3 is 2.56 bits per heavy atom. The molecule has 1 saturated carbocycles. The number of hydrogen-bond donors (Lipinski definition) is 1. The summed E-state index contributed by atoms with van der Waals surface area (Å²) in [4.78, 5) is 11.9. The monoisotopic (exact) mass is 277 g/mol. The van der Waals surface area contributed by atoms with Crippen LogP contribution in [0.3, 0.4) is 0 Å². The second-order valence-electron chi connectivity index (χ2n) is 4.18. The van der Waals surface area contributed by atoms with Gasteiger partial charge in [-0.25, -0.2) is 0 Å². The Labute approximate surface area is 109 Å². The molecule has 1 fully saturated rings. The second-order valence-corrected chi connectivity index (χ2v) is 6.10. The van der Waals surface area contributed by atoms with Crippen LogP contribution in [0.5, 0.6) is 0 Å². The van der Waals surface area contributed by atoms with E-state index in [-0.39, 0.29) is 5.91 Å². The van der Waals surface area contributed by atoms with Crippen molar-refractivity contribution >= 4 is 46.4 Å². The smallest absolute Gasteiger partial charge is 0.233 e. The van der Waals surface area contributed by atoms with Crippen LogP contribution in [0.4, 0.5) is 5.69 Å². The van der Waals surface area contributed by atoms with Gasteiger partial charge in [0.1, 0.15) is 4.33 Å². The molecular weight excluding hydrogens is 268 g/mol. The first kappa shape index (κ1) is 12.0. The summed E-state index contributed by atoms with van der Waals surface area (Å²) in [5.41, 5.74) is -0.0620. The Hall–Kier alpha value is -0.440. The van der Waals surface area contributed by atoms with Crippen LogP contribution < -0.4 is 5.32 Å². The number of rotatable bonds is 2. The van der Waals surface area contributed by atoms with Gasteiger partial charge >= 0.3 is 0 Å². The van der Waals surface area contributed by atoms with E-state index < -0.39 is 9.75 Å². The van der Waals surface area contributed by atoms with Crippen LogP contribution in [0, 0.1) is 5.41 Å². The summed E-state index contributed by atoms with van der Waals surface area (Å²) in [7, 11) is 0. The van der Waals surface area contributed by atoms with E-state index in [1.165, 1.54) is 0 Å². The molecule has 2 rings (SSSR count). The average molecular weight is 279 g/mol. The van der Waals surface area contributed by atoms with Gasteiger partial charge in [0.25, 0.3) is 0 Å². The van der Waals surface area contributed by atoms with Gasteiger partial charge in [0.05, 0.1) is 5.41 Å². The van der Waals surface area contributed by atoms with Gasteiger partial charge in [0.2, 0.25) is 5.91 Å².